The topological polar surface area (TPSA) is 63.5 Å². The van der Waals surface area contributed by atoms with E-state index < -0.39 is 0 Å². The molecule has 7 heteroatoms. The van der Waals surface area contributed by atoms with Crippen LogP contribution in [0.2, 0.25) is 0 Å². The molecule has 0 aliphatic rings. The van der Waals surface area contributed by atoms with E-state index in [1.807, 2.05) is 37.3 Å². The van der Waals surface area contributed by atoms with Gasteiger partial charge < -0.3 is 19.9 Å². The molecule has 0 saturated heterocycles. The van der Waals surface area contributed by atoms with Gasteiger partial charge in [0.1, 0.15) is 17.4 Å². The first-order valence-corrected chi connectivity index (χ1v) is 8.97. The second-order valence-electron chi connectivity index (χ2n) is 6.26. The fraction of sp³-hybridized carbons (Fsp3) is 0.238. The van der Waals surface area contributed by atoms with Gasteiger partial charge in [-0.1, -0.05) is 18.2 Å². The van der Waals surface area contributed by atoms with E-state index in [0.29, 0.717) is 24.7 Å². The molecule has 28 heavy (non-hydrogen) atoms. The summed E-state index contributed by atoms with van der Waals surface area (Å²) in [6.07, 6.45) is 3.40. The number of hydrogen-bond donors (Lipinski definition) is 2. The van der Waals surface area contributed by atoms with Crippen molar-refractivity contribution in [2.24, 2.45) is 4.99 Å². The van der Waals surface area contributed by atoms with Crippen molar-refractivity contribution in [1.82, 2.24) is 20.2 Å². The Morgan fingerprint density at radius 1 is 1.11 bits per heavy atom. The van der Waals surface area contributed by atoms with Gasteiger partial charge in [-0.05, 0) is 42.3 Å². The van der Waals surface area contributed by atoms with Gasteiger partial charge in [-0.2, -0.15) is 0 Å². The second-order valence-corrected chi connectivity index (χ2v) is 6.26. The van der Waals surface area contributed by atoms with E-state index in [1.165, 1.54) is 6.07 Å². The summed E-state index contributed by atoms with van der Waals surface area (Å²) in [6.45, 7) is 2.92. The van der Waals surface area contributed by atoms with Crippen LogP contribution in [0.1, 0.15) is 17.0 Å². The highest BCUT2D eigenvalue weighted by Crippen LogP contribution is 2.17. The summed E-state index contributed by atoms with van der Waals surface area (Å²) in [5, 5.41) is 6.44. The number of methoxy groups -OCH3 is 1. The molecule has 0 fully saturated rings. The summed E-state index contributed by atoms with van der Waals surface area (Å²) in [5.41, 5.74) is 2.42. The Bertz CT molecular complexity index is 950. The Labute approximate surface area is 164 Å². The number of hydrogen-bond acceptors (Lipinski definition) is 3. The number of halogens is 1. The average molecular weight is 381 g/mol. The largest absolute Gasteiger partial charge is 0.497 e. The minimum absolute atomic E-state index is 0.290. The van der Waals surface area contributed by atoms with E-state index in [2.05, 4.69) is 20.6 Å². The van der Waals surface area contributed by atoms with Crippen molar-refractivity contribution in [3.8, 4) is 11.4 Å². The van der Waals surface area contributed by atoms with E-state index in [4.69, 9.17) is 4.74 Å². The van der Waals surface area contributed by atoms with Gasteiger partial charge in [0, 0.05) is 32.5 Å². The molecule has 0 amide bonds. The summed E-state index contributed by atoms with van der Waals surface area (Å²) >= 11 is 0. The Morgan fingerprint density at radius 2 is 1.79 bits per heavy atom. The third-order valence-electron chi connectivity index (χ3n) is 4.40. The molecule has 2 aromatic carbocycles. The molecule has 0 radical (unpaired) electrons. The van der Waals surface area contributed by atoms with Gasteiger partial charge in [-0.3, -0.25) is 4.99 Å². The van der Waals surface area contributed by atoms with Crippen molar-refractivity contribution in [1.29, 1.82) is 0 Å². The highest BCUT2D eigenvalue weighted by Gasteiger charge is 2.08. The summed E-state index contributed by atoms with van der Waals surface area (Å²) in [6, 6.07) is 13.0. The molecule has 2 N–H and O–H groups in total. The third kappa shape index (κ3) is 4.68. The lowest BCUT2D eigenvalue weighted by molar-refractivity contribution is 0.414. The van der Waals surface area contributed by atoms with E-state index >= 15 is 0 Å². The molecule has 6 nitrogen and oxygen atoms in total. The Hall–Kier alpha value is -3.35. The van der Waals surface area contributed by atoms with Crippen molar-refractivity contribution in [3.05, 3.63) is 77.6 Å². The van der Waals surface area contributed by atoms with Crippen LogP contribution >= 0.6 is 0 Å². The summed E-state index contributed by atoms with van der Waals surface area (Å²) in [4.78, 5) is 8.34. The van der Waals surface area contributed by atoms with Crippen molar-refractivity contribution in [2.45, 2.75) is 20.0 Å². The van der Waals surface area contributed by atoms with Gasteiger partial charge in [0.25, 0.3) is 0 Å². The quantitative estimate of drug-likeness (QED) is 0.508. The molecule has 0 spiro atoms. The van der Waals surface area contributed by atoms with Crippen LogP contribution in [0.3, 0.4) is 0 Å². The normalized spacial score (nSPS) is 11.4. The van der Waals surface area contributed by atoms with E-state index in [-0.39, 0.29) is 5.82 Å². The molecule has 0 aliphatic heterocycles. The molecule has 0 bridgehead atoms. The van der Waals surface area contributed by atoms with Gasteiger partial charge >= 0.3 is 0 Å². The lowest BCUT2D eigenvalue weighted by Gasteiger charge is -2.13. The predicted octanol–water partition coefficient (Wildman–Crippen LogP) is 3.19. The highest BCUT2D eigenvalue weighted by atomic mass is 19.1. The van der Waals surface area contributed by atoms with Gasteiger partial charge in [0.15, 0.2) is 5.96 Å². The summed E-state index contributed by atoms with van der Waals surface area (Å²) in [7, 11) is 3.35. The molecule has 3 rings (SSSR count). The molecule has 3 aromatic rings. The molecule has 1 heterocycles. The van der Waals surface area contributed by atoms with Gasteiger partial charge in [0.05, 0.1) is 12.8 Å². The minimum Gasteiger partial charge on any atom is -0.497 e. The fourth-order valence-corrected chi connectivity index (χ4v) is 2.82. The zero-order chi connectivity index (χ0) is 19.9. The van der Waals surface area contributed by atoms with Gasteiger partial charge in [-0.15, -0.1) is 0 Å². The van der Waals surface area contributed by atoms with E-state index in [0.717, 1.165) is 22.7 Å². The van der Waals surface area contributed by atoms with Crippen molar-refractivity contribution >= 4 is 5.96 Å². The number of aliphatic imine (C=N–C) groups is 1. The SMILES string of the molecule is CN=C(NCc1ccc(OC)cc1)NCc1ccc(-n2ccnc2C)c(F)c1. The standard InChI is InChI=1S/C21H24FN5O/c1-15-24-10-11-27(15)20-9-6-17(12-19(20)22)14-26-21(23-2)25-13-16-4-7-18(28-3)8-5-16/h4-12H,13-14H2,1-3H3,(H2,23,25,26). The lowest BCUT2D eigenvalue weighted by atomic mass is 10.2. The lowest BCUT2D eigenvalue weighted by Crippen LogP contribution is -2.36. The number of guanidine groups is 1. The van der Waals surface area contributed by atoms with E-state index in [1.54, 1.807) is 37.2 Å². The van der Waals surface area contributed by atoms with Crippen LogP contribution in [0.5, 0.6) is 5.75 Å². The zero-order valence-corrected chi connectivity index (χ0v) is 16.2. The average Bonchev–Trinajstić information content (AvgIpc) is 3.14. The number of benzene rings is 2. The molecule has 0 saturated carbocycles. The molecule has 146 valence electrons. The first-order chi connectivity index (χ1) is 13.6. The van der Waals surface area contributed by atoms with Gasteiger partial charge in [-0.25, -0.2) is 9.37 Å². The van der Waals surface area contributed by atoms with Gasteiger partial charge in [0.2, 0.25) is 0 Å². The maximum Gasteiger partial charge on any atom is 0.191 e. The van der Waals surface area contributed by atoms with Crippen LogP contribution in [0.15, 0.2) is 59.9 Å². The molecular weight excluding hydrogens is 357 g/mol. The van der Waals surface area contributed by atoms with Crippen LogP contribution in [0, 0.1) is 12.7 Å². The van der Waals surface area contributed by atoms with Crippen LogP contribution in [0.25, 0.3) is 5.69 Å². The predicted molar refractivity (Wildman–Crippen MR) is 108 cm³/mol. The Morgan fingerprint density at radius 3 is 2.36 bits per heavy atom. The molecule has 0 aliphatic carbocycles. The second kappa shape index (κ2) is 9.03. The summed E-state index contributed by atoms with van der Waals surface area (Å²) < 4.78 is 21.4. The molecule has 1 aromatic heterocycles. The van der Waals surface area contributed by atoms with Crippen molar-refractivity contribution in [3.63, 3.8) is 0 Å². The zero-order valence-electron chi connectivity index (χ0n) is 16.2. The van der Waals surface area contributed by atoms with Crippen LogP contribution in [0.4, 0.5) is 4.39 Å². The first kappa shape index (κ1) is 19.4. The maximum atomic E-state index is 14.5. The van der Waals surface area contributed by atoms with Crippen LogP contribution in [-0.4, -0.2) is 29.7 Å². The minimum atomic E-state index is -0.290. The van der Waals surface area contributed by atoms with Crippen LogP contribution < -0.4 is 15.4 Å². The highest BCUT2D eigenvalue weighted by molar-refractivity contribution is 5.79. The summed E-state index contributed by atoms with van der Waals surface area (Å²) in [5.74, 6) is 1.92. The molecular formula is C21H24FN5O. The fourth-order valence-electron chi connectivity index (χ4n) is 2.82. The number of ether oxygens (including phenoxy) is 1. The van der Waals surface area contributed by atoms with Crippen molar-refractivity contribution < 1.29 is 9.13 Å². The monoisotopic (exact) mass is 381 g/mol. The number of aromatic nitrogens is 2. The number of imidazole rings is 1. The third-order valence-corrected chi connectivity index (χ3v) is 4.40. The first-order valence-electron chi connectivity index (χ1n) is 8.97. The number of nitrogens with zero attached hydrogens (tertiary/aromatic N) is 3. The van der Waals surface area contributed by atoms with Crippen LogP contribution in [-0.2, 0) is 13.1 Å². The number of aryl methyl sites for hydroxylation is 1. The molecule has 0 atom stereocenters. The Kier molecular flexibility index (Phi) is 6.26. The van der Waals surface area contributed by atoms with E-state index in [9.17, 15) is 4.39 Å². The molecule has 0 unspecified atom stereocenters. The number of rotatable bonds is 6. The Balaban J connectivity index is 1.57. The number of nitrogens with one attached hydrogen (secondary N) is 2. The maximum absolute atomic E-state index is 14.5. The van der Waals surface area contributed by atoms with Crippen molar-refractivity contribution in [2.75, 3.05) is 14.2 Å². The smallest absolute Gasteiger partial charge is 0.191 e.